The van der Waals surface area contributed by atoms with Crippen molar-refractivity contribution in [2.75, 3.05) is 19.0 Å². The average Bonchev–Trinajstić information content (AvgIpc) is 2.30. The van der Waals surface area contributed by atoms with Gasteiger partial charge in [-0.3, -0.25) is 0 Å². The van der Waals surface area contributed by atoms with Crippen molar-refractivity contribution in [2.24, 2.45) is 0 Å². The van der Waals surface area contributed by atoms with Crippen LogP contribution in [0.5, 0.6) is 0 Å². The highest BCUT2D eigenvalue weighted by Crippen LogP contribution is 2.28. The van der Waals surface area contributed by atoms with Gasteiger partial charge in [-0.1, -0.05) is 30.3 Å². The number of nitrogens with zero attached hydrogens (tertiary/aromatic N) is 1. The number of aryl methyl sites for hydroxylation is 2. The monoisotopic (exact) mass is 225 g/mol. The van der Waals surface area contributed by atoms with E-state index in [1.807, 2.05) is 0 Å². The molecule has 1 nitrogen and oxygen atoms in total. The maximum atomic E-state index is 2.24. The standard InChI is InChI=1S/C16H19N/c1-12-7-5-6-8-15(12)16-10-9-14(17(3)4)11-13(16)2/h5-11H,1-4H3. The van der Waals surface area contributed by atoms with Crippen LogP contribution in [0.4, 0.5) is 5.69 Å². The van der Waals surface area contributed by atoms with Crippen LogP contribution in [0.25, 0.3) is 11.1 Å². The van der Waals surface area contributed by atoms with Crippen LogP contribution in [-0.2, 0) is 0 Å². The quantitative estimate of drug-likeness (QED) is 0.745. The van der Waals surface area contributed by atoms with Gasteiger partial charge in [0.05, 0.1) is 0 Å². The van der Waals surface area contributed by atoms with E-state index >= 15 is 0 Å². The van der Waals surface area contributed by atoms with Crippen LogP contribution in [0.3, 0.4) is 0 Å². The Labute approximate surface area is 104 Å². The predicted molar refractivity (Wildman–Crippen MR) is 75.7 cm³/mol. The number of hydrogen-bond acceptors (Lipinski definition) is 1. The lowest BCUT2D eigenvalue weighted by atomic mass is 9.96. The summed E-state index contributed by atoms with van der Waals surface area (Å²) >= 11 is 0. The van der Waals surface area contributed by atoms with E-state index in [-0.39, 0.29) is 0 Å². The molecule has 0 aromatic heterocycles. The molecular weight excluding hydrogens is 206 g/mol. The summed E-state index contributed by atoms with van der Waals surface area (Å²) in [5.41, 5.74) is 6.56. The van der Waals surface area contributed by atoms with Crippen LogP contribution in [0, 0.1) is 13.8 Å². The fraction of sp³-hybridized carbons (Fsp3) is 0.250. The van der Waals surface area contributed by atoms with Crippen molar-refractivity contribution >= 4 is 5.69 Å². The molecule has 0 atom stereocenters. The van der Waals surface area contributed by atoms with E-state index in [1.165, 1.54) is 27.9 Å². The Hall–Kier alpha value is -1.76. The number of hydrogen-bond donors (Lipinski definition) is 0. The Bertz CT molecular complexity index is 527. The van der Waals surface area contributed by atoms with Gasteiger partial charge in [0.1, 0.15) is 0 Å². The average molecular weight is 225 g/mol. The summed E-state index contributed by atoms with van der Waals surface area (Å²) in [7, 11) is 4.14. The lowest BCUT2D eigenvalue weighted by molar-refractivity contribution is 1.13. The molecule has 0 spiro atoms. The zero-order chi connectivity index (χ0) is 12.4. The van der Waals surface area contributed by atoms with Gasteiger partial charge in [-0.15, -0.1) is 0 Å². The second-order valence-corrected chi connectivity index (χ2v) is 4.71. The molecule has 88 valence electrons. The second kappa shape index (κ2) is 4.62. The van der Waals surface area contributed by atoms with Gasteiger partial charge in [0, 0.05) is 19.8 Å². The fourth-order valence-corrected chi connectivity index (χ4v) is 2.10. The minimum Gasteiger partial charge on any atom is -0.378 e. The molecule has 2 aromatic carbocycles. The van der Waals surface area contributed by atoms with E-state index in [0.717, 1.165) is 0 Å². The van der Waals surface area contributed by atoms with Gasteiger partial charge in [0.15, 0.2) is 0 Å². The summed E-state index contributed by atoms with van der Waals surface area (Å²) in [6.07, 6.45) is 0. The van der Waals surface area contributed by atoms with Crippen molar-refractivity contribution in [3.05, 3.63) is 53.6 Å². The van der Waals surface area contributed by atoms with Crippen LogP contribution in [0.2, 0.25) is 0 Å². The Morgan fingerprint density at radius 3 is 2.00 bits per heavy atom. The van der Waals surface area contributed by atoms with E-state index in [9.17, 15) is 0 Å². The van der Waals surface area contributed by atoms with Gasteiger partial charge in [0.25, 0.3) is 0 Å². The van der Waals surface area contributed by atoms with Gasteiger partial charge >= 0.3 is 0 Å². The van der Waals surface area contributed by atoms with Crippen molar-refractivity contribution in [1.82, 2.24) is 0 Å². The fourth-order valence-electron chi connectivity index (χ4n) is 2.10. The van der Waals surface area contributed by atoms with Crippen molar-refractivity contribution in [1.29, 1.82) is 0 Å². The molecule has 0 N–H and O–H groups in total. The second-order valence-electron chi connectivity index (χ2n) is 4.71. The highest BCUT2D eigenvalue weighted by molar-refractivity contribution is 5.72. The van der Waals surface area contributed by atoms with Gasteiger partial charge < -0.3 is 4.90 Å². The molecule has 17 heavy (non-hydrogen) atoms. The third-order valence-electron chi connectivity index (χ3n) is 3.16. The molecule has 0 aliphatic rings. The summed E-state index contributed by atoms with van der Waals surface area (Å²) in [4.78, 5) is 2.13. The number of rotatable bonds is 2. The molecule has 0 radical (unpaired) electrons. The smallest absolute Gasteiger partial charge is 0.0364 e. The van der Waals surface area contributed by atoms with E-state index in [2.05, 4.69) is 75.3 Å². The molecule has 2 aromatic rings. The van der Waals surface area contributed by atoms with E-state index in [0.29, 0.717) is 0 Å². The SMILES string of the molecule is Cc1ccccc1-c1ccc(N(C)C)cc1C. The topological polar surface area (TPSA) is 3.24 Å². The van der Waals surface area contributed by atoms with Crippen LogP contribution >= 0.6 is 0 Å². The zero-order valence-corrected chi connectivity index (χ0v) is 11.0. The summed E-state index contributed by atoms with van der Waals surface area (Å²) < 4.78 is 0. The van der Waals surface area contributed by atoms with E-state index in [1.54, 1.807) is 0 Å². The maximum Gasteiger partial charge on any atom is 0.0364 e. The first kappa shape index (κ1) is 11.7. The van der Waals surface area contributed by atoms with Gasteiger partial charge in [-0.25, -0.2) is 0 Å². The molecule has 0 saturated carbocycles. The lowest BCUT2D eigenvalue weighted by Crippen LogP contribution is -2.08. The molecule has 0 aliphatic carbocycles. The Morgan fingerprint density at radius 2 is 1.41 bits per heavy atom. The highest BCUT2D eigenvalue weighted by Gasteiger charge is 2.05. The molecule has 2 rings (SSSR count). The Kier molecular flexibility index (Phi) is 3.19. The molecule has 0 saturated heterocycles. The first-order valence-corrected chi connectivity index (χ1v) is 5.93. The predicted octanol–water partition coefficient (Wildman–Crippen LogP) is 4.04. The minimum atomic E-state index is 1.25. The minimum absolute atomic E-state index is 1.25. The molecule has 0 unspecified atom stereocenters. The van der Waals surface area contributed by atoms with Crippen LogP contribution in [-0.4, -0.2) is 14.1 Å². The van der Waals surface area contributed by atoms with Gasteiger partial charge in [0.2, 0.25) is 0 Å². The highest BCUT2D eigenvalue weighted by atomic mass is 15.1. The van der Waals surface area contributed by atoms with Gasteiger partial charge in [-0.2, -0.15) is 0 Å². The summed E-state index contributed by atoms with van der Waals surface area (Å²) in [6, 6.07) is 15.2. The Balaban J connectivity index is 2.51. The molecule has 0 fully saturated rings. The van der Waals surface area contributed by atoms with E-state index in [4.69, 9.17) is 0 Å². The summed E-state index contributed by atoms with van der Waals surface area (Å²) in [5.74, 6) is 0. The summed E-state index contributed by atoms with van der Waals surface area (Å²) in [5, 5.41) is 0. The summed E-state index contributed by atoms with van der Waals surface area (Å²) in [6.45, 7) is 4.34. The Morgan fingerprint density at radius 1 is 0.765 bits per heavy atom. The molecule has 0 amide bonds. The van der Waals surface area contributed by atoms with Crippen LogP contribution in [0.1, 0.15) is 11.1 Å². The van der Waals surface area contributed by atoms with Crippen molar-refractivity contribution < 1.29 is 0 Å². The molecule has 1 heteroatoms. The third kappa shape index (κ3) is 2.33. The van der Waals surface area contributed by atoms with Gasteiger partial charge in [-0.05, 0) is 48.2 Å². The maximum absolute atomic E-state index is 2.24. The zero-order valence-electron chi connectivity index (χ0n) is 11.0. The molecular formula is C16H19N. The van der Waals surface area contributed by atoms with Crippen molar-refractivity contribution in [3.63, 3.8) is 0 Å². The first-order chi connectivity index (χ1) is 8.09. The number of benzene rings is 2. The molecule has 0 aliphatic heterocycles. The van der Waals surface area contributed by atoms with Crippen molar-refractivity contribution in [3.8, 4) is 11.1 Å². The van der Waals surface area contributed by atoms with Crippen molar-refractivity contribution in [2.45, 2.75) is 13.8 Å². The lowest BCUT2D eigenvalue weighted by Gasteiger charge is -2.16. The molecule has 0 heterocycles. The van der Waals surface area contributed by atoms with Crippen LogP contribution < -0.4 is 4.90 Å². The number of anilines is 1. The molecule has 0 bridgehead atoms. The normalized spacial score (nSPS) is 10.4. The largest absolute Gasteiger partial charge is 0.378 e. The third-order valence-corrected chi connectivity index (χ3v) is 3.16. The van der Waals surface area contributed by atoms with Crippen LogP contribution in [0.15, 0.2) is 42.5 Å². The first-order valence-electron chi connectivity index (χ1n) is 5.93. The van der Waals surface area contributed by atoms with E-state index < -0.39 is 0 Å².